The number of aromatic nitrogens is 2. The maximum atomic E-state index is 13.3. The Morgan fingerprint density at radius 3 is 2.26 bits per heavy atom. The fourth-order valence-electron chi connectivity index (χ4n) is 5.29. The maximum Gasteiger partial charge on any atom is 0.269 e. The standard InChI is InChI=1S/C31H28ClN5O5S/c1-42-27-10-12-28(13-11-27)43(40,41)35-17-15-34(16-18-35)21-29-31(22-5-8-26(9-6-22)37(38)39)33-30-14-7-24(20-36(29)30)23-3-2-4-25(32)19-23/h2-14,19-20H,15-18,21H2,1H3. The minimum atomic E-state index is -3.64. The second-order valence-electron chi connectivity index (χ2n) is 10.2. The van der Waals surface area contributed by atoms with E-state index in [9.17, 15) is 18.5 Å². The number of benzene rings is 3. The summed E-state index contributed by atoms with van der Waals surface area (Å²) in [4.78, 5) is 18.2. The molecular weight excluding hydrogens is 590 g/mol. The molecule has 12 heteroatoms. The van der Waals surface area contributed by atoms with Crippen molar-refractivity contribution < 1.29 is 18.1 Å². The number of imidazole rings is 1. The van der Waals surface area contributed by atoms with E-state index in [0.29, 0.717) is 49.2 Å². The number of methoxy groups -OCH3 is 1. The Hall–Kier alpha value is -4.29. The smallest absolute Gasteiger partial charge is 0.269 e. The molecule has 3 heterocycles. The molecule has 1 aliphatic rings. The van der Waals surface area contributed by atoms with Crippen LogP contribution >= 0.6 is 11.6 Å². The van der Waals surface area contributed by atoms with E-state index in [2.05, 4.69) is 4.90 Å². The third-order valence-electron chi connectivity index (χ3n) is 7.63. The molecule has 0 atom stereocenters. The lowest BCUT2D eigenvalue weighted by Crippen LogP contribution is -2.48. The number of rotatable bonds is 8. The Morgan fingerprint density at radius 1 is 0.907 bits per heavy atom. The zero-order valence-corrected chi connectivity index (χ0v) is 24.8. The molecule has 220 valence electrons. The lowest BCUT2D eigenvalue weighted by Gasteiger charge is -2.34. The highest BCUT2D eigenvalue weighted by molar-refractivity contribution is 7.89. The van der Waals surface area contributed by atoms with Gasteiger partial charge in [-0.3, -0.25) is 15.0 Å². The molecular formula is C31H28ClN5O5S. The summed E-state index contributed by atoms with van der Waals surface area (Å²) in [6, 6.07) is 24.3. The fourth-order valence-corrected chi connectivity index (χ4v) is 6.90. The Morgan fingerprint density at radius 2 is 1.60 bits per heavy atom. The minimum absolute atomic E-state index is 0.00602. The Labute approximate surface area is 253 Å². The summed E-state index contributed by atoms with van der Waals surface area (Å²) in [5.74, 6) is 0.596. The first-order valence-corrected chi connectivity index (χ1v) is 15.4. The SMILES string of the molecule is COc1ccc(S(=O)(=O)N2CCN(Cc3c(-c4ccc([N+](=O)[O-])cc4)nc4ccc(-c5cccc(Cl)c5)cn34)CC2)cc1. The summed E-state index contributed by atoms with van der Waals surface area (Å²) in [5.41, 5.74) is 5.03. The van der Waals surface area contributed by atoms with E-state index < -0.39 is 14.9 Å². The monoisotopic (exact) mass is 617 g/mol. The number of nitrogens with zero attached hydrogens (tertiary/aromatic N) is 5. The Bertz CT molecular complexity index is 1900. The molecule has 0 radical (unpaired) electrons. The zero-order chi connectivity index (χ0) is 30.1. The van der Waals surface area contributed by atoms with Gasteiger partial charge in [-0.05, 0) is 71.8 Å². The van der Waals surface area contributed by atoms with Crippen LogP contribution in [0.2, 0.25) is 5.02 Å². The molecule has 0 saturated carbocycles. The molecule has 43 heavy (non-hydrogen) atoms. The number of nitro groups is 1. The summed E-state index contributed by atoms with van der Waals surface area (Å²) in [6.07, 6.45) is 2.02. The van der Waals surface area contributed by atoms with Crippen molar-refractivity contribution in [2.75, 3.05) is 33.3 Å². The third kappa shape index (κ3) is 5.84. The number of hydrogen-bond acceptors (Lipinski definition) is 7. The van der Waals surface area contributed by atoms with Crippen molar-refractivity contribution in [2.45, 2.75) is 11.4 Å². The van der Waals surface area contributed by atoms with Crippen LogP contribution in [0, 0.1) is 10.1 Å². The molecule has 1 fully saturated rings. The number of fused-ring (bicyclic) bond motifs is 1. The van der Waals surface area contributed by atoms with Gasteiger partial charge in [-0.1, -0.05) is 23.7 Å². The summed E-state index contributed by atoms with van der Waals surface area (Å²) in [7, 11) is -2.10. The highest BCUT2D eigenvalue weighted by atomic mass is 35.5. The molecule has 5 aromatic rings. The lowest BCUT2D eigenvalue weighted by atomic mass is 10.1. The first kappa shape index (κ1) is 28.8. The summed E-state index contributed by atoms with van der Waals surface area (Å²) >= 11 is 6.26. The summed E-state index contributed by atoms with van der Waals surface area (Å²) in [5, 5.41) is 11.9. The van der Waals surface area contributed by atoms with Crippen molar-refractivity contribution in [1.82, 2.24) is 18.6 Å². The van der Waals surface area contributed by atoms with Crippen molar-refractivity contribution in [3.63, 3.8) is 0 Å². The van der Waals surface area contributed by atoms with Crippen LogP contribution in [0.4, 0.5) is 5.69 Å². The number of pyridine rings is 1. The molecule has 0 unspecified atom stereocenters. The molecule has 0 bridgehead atoms. The van der Waals surface area contributed by atoms with Crippen LogP contribution in [0.3, 0.4) is 0 Å². The molecule has 0 spiro atoms. The minimum Gasteiger partial charge on any atom is -0.497 e. The highest BCUT2D eigenvalue weighted by Gasteiger charge is 2.29. The van der Waals surface area contributed by atoms with Gasteiger partial charge >= 0.3 is 0 Å². The van der Waals surface area contributed by atoms with Crippen molar-refractivity contribution in [2.24, 2.45) is 0 Å². The van der Waals surface area contributed by atoms with Gasteiger partial charge in [0.25, 0.3) is 5.69 Å². The Balaban J connectivity index is 1.31. The Kier molecular flexibility index (Phi) is 7.89. The molecule has 0 N–H and O–H groups in total. The highest BCUT2D eigenvalue weighted by Crippen LogP contribution is 2.31. The first-order valence-electron chi connectivity index (χ1n) is 13.6. The molecule has 2 aromatic heterocycles. The average Bonchev–Trinajstić information content (AvgIpc) is 3.38. The van der Waals surface area contributed by atoms with Gasteiger partial charge in [0.15, 0.2) is 0 Å². The average molecular weight is 618 g/mol. The molecule has 0 aliphatic carbocycles. The number of sulfonamides is 1. The quantitative estimate of drug-likeness (QED) is 0.161. The zero-order valence-electron chi connectivity index (χ0n) is 23.3. The predicted molar refractivity (Wildman–Crippen MR) is 165 cm³/mol. The van der Waals surface area contributed by atoms with Crippen molar-refractivity contribution in [1.29, 1.82) is 0 Å². The largest absolute Gasteiger partial charge is 0.497 e. The van der Waals surface area contributed by atoms with Crippen molar-refractivity contribution in [3.8, 4) is 28.1 Å². The van der Waals surface area contributed by atoms with Gasteiger partial charge in [0, 0.05) is 61.6 Å². The molecule has 1 aliphatic heterocycles. The maximum absolute atomic E-state index is 13.3. The van der Waals surface area contributed by atoms with Crippen LogP contribution in [0.5, 0.6) is 5.75 Å². The number of nitro benzene ring substituents is 1. The first-order chi connectivity index (χ1) is 20.7. The van der Waals surface area contributed by atoms with Crippen LogP contribution in [-0.2, 0) is 16.6 Å². The van der Waals surface area contributed by atoms with Gasteiger partial charge in [0.05, 0.1) is 28.3 Å². The van der Waals surface area contributed by atoms with Crippen LogP contribution in [0.15, 0.2) is 96.0 Å². The number of ether oxygens (including phenoxy) is 1. The molecule has 6 rings (SSSR count). The van der Waals surface area contributed by atoms with E-state index in [-0.39, 0.29) is 10.6 Å². The van der Waals surface area contributed by atoms with E-state index in [1.807, 2.05) is 47.0 Å². The van der Waals surface area contributed by atoms with E-state index in [1.54, 1.807) is 36.4 Å². The van der Waals surface area contributed by atoms with Gasteiger partial charge < -0.3 is 9.14 Å². The number of halogens is 1. The van der Waals surface area contributed by atoms with Gasteiger partial charge in [-0.15, -0.1) is 0 Å². The second kappa shape index (κ2) is 11.8. The van der Waals surface area contributed by atoms with E-state index in [0.717, 1.165) is 28.0 Å². The van der Waals surface area contributed by atoms with Crippen LogP contribution < -0.4 is 4.74 Å². The molecule has 10 nitrogen and oxygen atoms in total. The van der Waals surface area contributed by atoms with Crippen LogP contribution in [-0.4, -0.2) is 65.2 Å². The van der Waals surface area contributed by atoms with Gasteiger partial charge in [-0.25, -0.2) is 13.4 Å². The third-order valence-corrected chi connectivity index (χ3v) is 9.78. The van der Waals surface area contributed by atoms with Crippen LogP contribution in [0.25, 0.3) is 28.0 Å². The molecule has 3 aromatic carbocycles. The lowest BCUT2D eigenvalue weighted by molar-refractivity contribution is -0.384. The van der Waals surface area contributed by atoms with Gasteiger partial charge in [0.2, 0.25) is 10.0 Å². The normalized spacial score (nSPS) is 14.7. The fraction of sp³-hybridized carbons (Fsp3) is 0.194. The molecule has 1 saturated heterocycles. The molecule has 0 amide bonds. The van der Waals surface area contributed by atoms with Crippen LogP contribution in [0.1, 0.15) is 5.69 Å². The summed E-state index contributed by atoms with van der Waals surface area (Å²) < 4.78 is 35.3. The number of non-ortho nitro benzene ring substituents is 1. The topological polar surface area (TPSA) is 110 Å². The van der Waals surface area contributed by atoms with Gasteiger partial charge in [0.1, 0.15) is 11.4 Å². The van der Waals surface area contributed by atoms with E-state index in [4.69, 9.17) is 21.3 Å². The summed E-state index contributed by atoms with van der Waals surface area (Å²) in [6.45, 7) is 2.23. The van der Waals surface area contributed by atoms with E-state index in [1.165, 1.54) is 23.5 Å². The van der Waals surface area contributed by atoms with E-state index >= 15 is 0 Å². The number of piperazine rings is 1. The van der Waals surface area contributed by atoms with Crippen molar-refractivity contribution in [3.05, 3.63) is 112 Å². The van der Waals surface area contributed by atoms with Crippen molar-refractivity contribution >= 4 is 33.0 Å². The van der Waals surface area contributed by atoms with Gasteiger partial charge in [-0.2, -0.15) is 4.31 Å². The predicted octanol–water partition coefficient (Wildman–Crippen LogP) is 5.75. The number of hydrogen-bond donors (Lipinski definition) is 0. The second-order valence-corrected chi connectivity index (χ2v) is 12.6.